The van der Waals surface area contributed by atoms with Crippen LogP contribution in [0.25, 0.3) is 0 Å². The van der Waals surface area contributed by atoms with Crippen molar-refractivity contribution in [1.82, 2.24) is 0 Å². The fourth-order valence-electron chi connectivity index (χ4n) is 3.82. The zero-order chi connectivity index (χ0) is 20.1. The molecular formula is C23H24O5. The van der Waals surface area contributed by atoms with E-state index in [0.717, 1.165) is 18.1 Å². The van der Waals surface area contributed by atoms with Crippen LogP contribution in [0.1, 0.15) is 43.2 Å². The van der Waals surface area contributed by atoms with E-state index in [-0.39, 0.29) is 31.1 Å². The van der Waals surface area contributed by atoms with Crippen LogP contribution in [0.2, 0.25) is 0 Å². The molecule has 0 aliphatic heterocycles. The van der Waals surface area contributed by atoms with Crippen molar-refractivity contribution in [3.05, 3.63) is 71.8 Å². The monoisotopic (exact) mass is 380 g/mol. The number of carbonyl (C=O) groups excluding carboxylic acids is 3. The molecule has 1 aliphatic rings. The Morgan fingerprint density at radius 3 is 2.29 bits per heavy atom. The molecule has 146 valence electrons. The lowest BCUT2D eigenvalue weighted by molar-refractivity contribution is -0.180. The molecule has 5 nitrogen and oxygen atoms in total. The van der Waals surface area contributed by atoms with Crippen LogP contribution in [0.3, 0.4) is 0 Å². The molecule has 2 aromatic rings. The van der Waals surface area contributed by atoms with Crippen LogP contribution >= 0.6 is 0 Å². The van der Waals surface area contributed by atoms with E-state index in [4.69, 9.17) is 4.74 Å². The van der Waals surface area contributed by atoms with Gasteiger partial charge in [0, 0.05) is 6.42 Å². The van der Waals surface area contributed by atoms with Gasteiger partial charge in [0.1, 0.15) is 12.4 Å². The molecule has 0 aromatic heterocycles. The van der Waals surface area contributed by atoms with Gasteiger partial charge in [-0.25, -0.2) is 4.79 Å². The molecule has 28 heavy (non-hydrogen) atoms. The minimum absolute atomic E-state index is 0.00306. The Bertz CT molecular complexity index is 846. The average molecular weight is 380 g/mol. The number of Topliss-reactive ketones (excluding diaryl/α,β-unsaturated/α-hetero) is 2. The molecule has 0 bridgehead atoms. The van der Waals surface area contributed by atoms with Crippen LogP contribution in [-0.2, 0) is 25.7 Å². The molecule has 0 heterocycles. The Morgan fingerprint density at radius 1 is 1.07 bits per heavy atom. The van der Waals surface area contributed by atoms with Crippen LogP contribution in [0, 0.1) is 5.92 Å². The van der Waals surface area contributed by atoms with E-state index >= 15 is 0 Å². The van der Waals surface area contributed by atoms with Crippen molar-refractivity contribution >= 4 is 17.5 Å². The highest BCUT2D eigenvalue weighted by molar-refractivity contribution is 6.10. The molecule has 1 N–H and O–H groups in total. The quantitative estimate of drug-likeness (QED) is 0.615. The maximum Gasteiger partial charge on any atom is 0.347 e. The number of ether oxygens (including phenoxy) is 1. The third-order valence-corrected chi connectivity index (χ3v) is 5.48. The fraction of sp³-hybridized carbons (Fsp3) is 0.348. The lowest BCUT2D eigenvalue weighted by Crippen LogP contribution is -2.56. The van der Waals surface area contributed by atoms with Gasteiger partial charge in [-0.15, -0.1) is 0 Å². The van der Waals surface area contributed by atoms with Crippen molar-refractivity contribution in [2.45, 2.75) is 44.3 Å². The van der Waals surface area contributed by atoms with E-state index in [1.807, 2.05) is 36.4 Å². The minimum Gasteiger partial charge on any atom is -0.458 e. The number of aliphatic hydroxyl groups is 1. The van der Waals surface area contributed by atoms with E-state index in [9.17, 15) is 19.5 Å². The number of ketones is 2. The summed E-state index contributed by atoms with van der Waals surface area (Å²) in [6, 6.07) is 18.6. The van der Waals surface area contributed by atoms with Crippen LogP contribution < -0.4 is 0 Å². The molecular weight excluding hydrogens is 356 g/mol. The van der Waals surface area contributed by atoms with Crippen LogP contribution in [-0.4, -0.2) is 28.2 Å². The first-order valence-electron chi connectivity index (χ1n) is 9.45. The molecule has 3 rings (SSSR count). The second-order valence-corrected chi connectivity index (χ2v) is 7.29. The van der Waals surface area contributed by atoms with Gasteiger partial charge in [-0.3, -0.25) is 9.59 Å². The van der Waals surface area contributed by atoms with Gasteiger partial charge in [0.15, 0.2) is 5.78 Å². The highest BCUT2D eigenvalue weighted by Crippen LogP contribution is 2.40. The molecule has 0 saturated heterocycles. The number of esters is 1. The van der Waals surface area contributed by atoms with Crippen LogP contribution in [0.15, 0.2) is 60.7 Å². The van der Waals surface area contributed by atoms with Crippen molar-refractivity contribution in [2.24, 2.45) is 5.92 Å². The summed E-state index contributed by atoms with van der Waals surface area (Å²) in [4.78, 5) is 37.6. The lowest BCUT2D eigenvalue weighted by atomic mass is 9.69. The van der Waals surface area contributed by atoms with E-state index < -0.39 is 23.3 Å². The van der Waals surface area contributed by atoms with Crippen molar-refractivity contribution in [1.29, 1.82) is 0 Å². The minimum atomic E-state index is -2.46. The summed E-state index contributed by atoms with van der Waals surface area (Å²) in [7, 11) is 0. The molecule has 0 amide bonds. The van der Waals surface area contributed by atoms with Gasteiger partial charge in [-0.05, 0) is 36.8 Å². The summed E-state index contributed by atoms with van der Waals surface area (Å²) in [5.74, 6) is -3.21. The molecule has 2 aromatic carbocycles. The van der Waals surface area contributed by atoms with Gasteiger partial charge in [-0.1, -0.05) is 60.7 Å². The van der Waals surface area contributed by atoms with Crippen molar-refractivity contribution < 1.29 is 24.2 Å². The Hall–Kier alpha value is -2.79. The Kier molecular flexibility index (Phi) is 6.05. The van der Waals surface area contributed by atoms with Crippen LogP contribution in [0.5, 0.6) is 0 Å². The number of rotatable bonds is 6. The molecule has 3 unspecified atom stereocenters. The molecule has 1 aliphatic carbocycles. The average Bonchev–Trinajstić information content (AvgIpc) is 2.73. The number of hydrogen-bond acceptors (Lipinski definition) is 5. The summed E-state index contributed by atoms with van der Waals surface area (Å²) in [5.41, 5.74) is -0.693. The van der Waals surface area contributed by atoms with E-state index in [2.05, 4.69) is 0 Å². The first kappa shape index (κ1) is 20.0. The summed E-state index contributed by atoms with van der Waals surface area (Å²) in [6.07, 6.45) is 1.08. The molecule has 0 spiro atoms. The predicted octanol–water partition coefficient (Wildman–Crippen LogP) is 3.20. The normalized spacial score (nSPS) is 21.6. The zero-order valence-electron chi connectivity index (χ0n) is 15.8. The first-order valence-corrected chi connectivity index (χ1v) is 9.45. The topological polar surface area (TPSA) is 80.7 Å². The first-order chi connectivity index (χ1) is 13.4. The molecule has 1 saturated carbocycles. The summed E-state index contributed by atoms with van der Waals surface area (Å²) >= 11 is 0. The van der Waals surface area contributed by atoms with Gasteiger partial charge in [0.25, 0.3) is 0 Å². The molecule has 3 atom stereocenters. The van der Waals surface area contributed by atoms with Crippen LogP contribution in [0.4, 0.5) is 0 Å². The Labute approximate surface area is 164 Å². The molecule has 1 fully saturated rings. The zero-order valence-corrected chi connectivity index (χ0v) is 15.8. The van der Waals surface area contributed by atoms with Crippen molar-refractivity contribution in [2.75, 3.05) is 0 Å². The smallest absolute Gasteiger partial charge is 0.347 e. The van der Waals surface area contributed by atoms with Crippen molar-refractivity contribution in [3.8, 4) is 0 Å². The highest BCUT2D eigenvalue weighted by Gasteiger charge is 2.54. The summed E-state index contributed by atoms with van der Waals surface area (Å²) < 4.78 is 5.24. The highest BCUT2D eigenvalue weighted by atomic mass is 16.6. The molecule has 0 radical (unpaired) electrons. The SMILES string of the molecule is CC(=O)C(O)(C(=O)OCc1ccccc1)C1CC(c2ccccc2)CCC1=O. The summed E-state index contributed by atoms with van der Waals surface area (Å²) in [6.45, 7) is 1.06. The van der Waals surface area contributed by atoms with Crippen molar-refractivity contribution in [3.63, 3.8) is 0 Å². The second-order valence-electron chi connectivity index (χ2n) is 7.29. The standard InChI is InChI=1S/C23H24O5/c1-16(24)23(27,22(26)28-15-17-8-4-2-5-9-17)20-14-19(12-13-21(20)25)18-10-6-3-7-11-18/h2-11,19-20,27H,12-15H2,1H3. The van der Waals surface area contributed by atoms with E-state index in [1.54, 1.807) is 24.3 Å². The Morgan fingerprint density at radius 2 is 1.68 bits per heavy atom. The summed E-state index contributed by atoms with van der Waals surface area (Å²) in [5, 5.41) is 11.1. The number of carbonyl (C=O) groups is 3. The lowest BCUT2D eigenvalue weighted by Gasteiger charge is -2.36. The van der Waals surface area contributed by atoms with Gasteiger partial charge >= 0.3 is 5.97 Å². The van der Waals surface area contributed by atoms with Gasteiger partial charge in [-0.2, -0.15) is 0 Å². The maximum atomic E-state index is 12.7. The number of hydrogen-bond donors (Lipinski definition) is 1. The third kappa shape index (κ3) is 4.04. The van der Waals surface area contributed by atoms with E-state index in [0.29, 0.717) is 6.42 Å². The van der Waals surface area contributed by atoms with Gasteiger partial charge < -0.3 is 9.84 Å². The second kappa shape index (κ2) is 8.48. The molecule has 5 heteroatoms. The van der Waals surface area contributed by atoms with Gasteiger partial charge in [0.05, 0.1) is 5.92 Å². The van der Waals surface area contributed by atoms with Gasteiger partial charge in [0.2, 0.25) is 5.60 Å². The number of benzene rings is 2. The fourth-order valence-corrected chi connectivity index (χ4v) is 3.82. The third-order valence-electron chi connectivity index (χ3n) is 5.48. The maximum absolute atomic E-state index is 12.7. The Balaban J connectivity index is 1.81. The predicted molar refractivity (Wildman–Crippen MR) is 103 cm³/mol. The van der Waals surface area contributed by atoms with E-state index in [1.165, 1.54) is 0 Å². The largest absolute Gasteiger partial charge is 0.458 e.